The molecule has 0 radical (unpaired) electrons. The summed E-state index contributed by atoms with van der Waals surface area (Å²) in [6.45, 7) is 0. The van der Waals surface area contributed by atoms with Crippen LogP contribution in [0.2, 0.25) is 0 Å². The van der Waals surface area contributed by atoms with E-state index in [-0.39, 0.29) is 0 Å². The number of hydrogen-bond donors (Lipinski definition) is 0. The molecule has 0 aliphatic heterocycles. The van der Waals surface area contributed by atoms with E-state index in [1.165, 1.54) is 0 Å². The molecule has 4 heterocycles. The highest BCUT2D eigenvalue weighted by Gasteiger charge is 2.16. The number of rotatable bonds is 7. The quantitative estimate of drug-likeness (QED) is 0.169. The number of pyridine rings is 3. The van der Waals surface area contributed by atoms with Gasteiger partial charge in [0.25, 0.3) is 0 Å². The van der Waals surface area contributed by atoms with Gasteiger partial charge in [-0.3, -0.25) is 15.0 Å². The van der Waals surface area contributed by atoms with Gasteiger partial charge in [-0.25, -0.2) is 9.97 Å². The van der Waals surface area contributed by atoms with E-state index < -0.39 is 0 Å². The third-order valence-electron chi connectivity index (χ3n) is 9.30. The third-order valence-corrected chi connectivity index (χ3v) is 9.30. The zero-order valence-electron chi connectivity index (χ0n) is 28.1. The number of fused-ring (bicyclic) bond motifs is 1. The summed E-state index contributed by atoms with van der Waals surface area (Å²) in [5.74, 6) is 0.658. The summed E-state index contributed by atoms with van der Waals surface area (Å²) in [5, 5.41) is 1.01. The predicted octanol–water partition coefficient (Wildman–Crippen LogP) is 11.5. The van der Waals surface area contributed by atoms with Crippen LogP contribution in [0.15, 0.2) is 189 Å². The fourth-order valence-corrected chi connectivity index (χ4v) is 6.60. The second-order valence-electron chi connectivity index (χ2n) is 12.6. The molecule has 0 bridgehead atoms. The Labute approximate surface area is 302 Å². The Hall–Kier alpha value is -7.11. The molecule has 9 rings (SSSR count). The third kappa shape index (κ3) is 6.23. The molecule has 0 fully saturated rings. The molecule has 9 aromatic rings. The van der Waals surface area contributed by atoms with Crippen molar-refractivity contribution in [1.82, 2.24) is 24.9 Å². The lowest BCUT2D eigenvalue weighted by Crippen LogP contribution is -1.97. The summed E-state index contributed by atoms with van der Waals surface area (Å²) in [6, 6.07) is 56.5. The SMILES string of the molecule is c1ccc(-c2ccc3c(-c4ccccc4)nc(-c4cc(-c5ccc(-c6ccncc6)cc5)cc(-c5ccc(-c6ccccn6)nc5)c4)nc3c2)cc1. The average molecular weight is 666 g/mol. The molecule has 0 aliphatic carbocycles. The minimum absolute atomic E-state index is 0.658. The van der Waals surface area contributed by atoms with Crippen molar-refractivity contribution in [1.29, 1.82) is 0 Å². The van der Waals surface area contributed by atoms with Crippen molar-refractivity contribution in [2.24, 2.45) is 0 Å². The number of hydrogen-bond acceptors (Lipinski definition) is 5. The van der Waals surface area contributed by atoms with Crippen molar-refractivity contribution in [3.63, 3.8) is 0 Å². The smallest absolute Gasteiger partial charge is 0.160 e. The van der Waals surface area contributed by atoms with Gasteiger partial charge in [0.1, 0.15) is 0 Å². The monoisotopic (exact) mass is 665 g/mol. The Morgan fingerprint density at radius 1 is 0.327 bits per heavy atom. The van der Waals surface area contributed by atoms with Crippen LogP contribution in [0.3, 0.4) is 0 Å². The predicted molar refractivity (Wildman–Crippen MR) is 211 cm³/mol. The van der Waals surface area contributed by atoms with Gasteiger partial charge in [-0.1, -0.05) is 103 Å². The molecule has 0 amide bonds. The summed E-state index contributed by atoms with van der Waals surface area (Å²) >= 11 is 0. The lowest BCUT2D eigenvalue weighted by atomic mass is 9.94. The first-order valence-corrected chi connectivity index (χ1v) is 17.2. The van der Waals surface area contributed by atoms with Crippen LogP contribution in [-0.4, -0.2) is 24.9 Å². The lowest BCUT2D eigenvalue weighted by Gasteiger charge is -2.14. The zero-order valence-corrected chi connectivity index (χ0v) is 28.1. The molecule has 0 saturated heterocycles. The molecule has 5 heteroatoms. The summed E-state index contributed by atoms with van der Waals surface area (Å²) in [4.78, 5) is 24.0. The Kier molecular flexibility index (Phi) is 8.12. The molecule has 0 aliphatic rings. The maximum atomic E-state index is 5.28. The van der Waals surface area contributed by atoms with Gasteiger partial charge >= 0.3 is 0 Å². The molecule has 52 heavy (non-hydrogen) atoms. The second-order valence-corrected chi connectivity index (χ2v) is 12.6. The van der Waals surface area contributed by atoms with Crippen LogP contribution in [0.25, 0.3) is 89.4 Å². The highest BCUT2D eigenvalue weighted by molar-refractivity contribution is 5.96. The summed E-state index contributed by atoms with van der Waals surface area (Å²) in [7, 11) is 0. The molecule has 244 valence electrons. The maximum Gasteiger partial charge on any atom is 0.160 e. The first-order chi connectivity index (χ1) is 25.7. The van der Waals surface area contributed by atoms with Crippen molar-refractivity contribution < 1.29 is 0 Å². The summed E-state index contributed by atoms with van der Waals surface area (Å²) in [6.07, 6.45) is 7.35. The first kappa shape index (κ1) is 30.9. The molecule has 5 aromatic carbocycles. The first-order valence-electron chi connectivity index (χ1n) is 17.2. The topological polar surface area (TPSA) is 64.5 Å². The van der Waals surface area contributed by atoms with E-state index in [2.05, 4.69) is 125 Å². The van der Waals surface area contributed by atoms with Crippen LogP contribution in [0.5, 0.6) is 0 Å². The van der Waals surface area contributed by atoms with Crippen LogP contribution < -0.4 is 0 Å². The molecular formula is C47H31N5. The second kappa shape index (κ2) is 13.7. The number of nitrogens with zero attached hydrogens (tertiary/aromatic N) is 5. The average Bonchev–Trinajstić information content (AvgIpc) is 3.24. The molecule has 4 aromatic heterocycles. The Morgan fingerprint density at radius 2 is 0.904 bits per heavy atom. The fraction of sp³-hybridized carbons (Fsp3) is 0. The van der Waals surface area contributed by atoms with Gasteiger partial charge in [0.05, 0.1) is 22.6 Å². The highest BCUT2D eigenvalue weighted by Crippen LogP contribution is 2.36. The number of aromatic nitrogens is 5. The molecule has 0 atom stereocenters. The van der Waals surface area contributed by atoms with Gasteiger partial charge in [0, 0.05) is 46.9 Å². The van der Waals surface area contributed by atoms with E-state index in [0.717, 1.165) is 83.6 Å². The standard InChI is InChI=1S/C47H31N5/c1-3-9-32(10-4-1)37-18-20-42-45(30-37)51-47(52-46(42)36-11-5-2-6-12-36)41-28-39(34-16-14-33(15-17-34)35-22-25-48-26-23-35)27-40(29-41)38-19-21-44(50-31-38)43-13-7-8-24-49-43/h1-31H. The molecule has 0 saturated carbocycles. The highest BCUT2D eigenvalue weighted by atomic mass is 14.9. The lowest BCUT2D eigenvalue weighted by molar-refractivity contribution is 1.23. The zero-order chi connectivity index (χ0) is 34.7. The van der Waals surface area contributed by atoms with Crippen LogP contribution in [0.4, 0.5) is 0 Å². The van der Waals surface area contributed by atoms with Gasteiger partial charge in [-0.2, -0.15) is 0 Å². The Balaban J connectivity index is 1.22. The van der Waals surface area contributed by atoms with Crippen molar-refractivity contribution in [2.75, 3.05) is 0 Å². The molecule has 5 nitrogen and oxygen atoms in total. The van der Waals surface area contributed by atoms with E-state index in [0.29, 0.717) is 5.82 Å². The van der Waals surface area contributed by atoms with Crippen LogP contribution in [0.1, 0.15) is 0 Å². The van der Waals surface area contributed by atoms with Crippen molar-refractivity contribution in [2.45, 2.75) is 0 Å². The Bertz CT molecular complexity index is 2530. The van der Waals surface area contributed by atoms with Gasteiger partial charge in [-0.05, 0) is 99.6 Å². The van der Waals surface area contributed by atoms with E-state index in [9.17, 15) is 0 Å². The van der Waals surface area contributed by atoms with Gasteiger partial charge in [-0.15, -0.1) is 0 Å². The van der Waals surface area contributed by atoms with E-state index in [1.807, 2.05) is 67.1 Å². The summed E-state index contributed by atoms with van der Waals surface area (Å²) in [5.41, 5.74) is 14.1. The van der Waals surface area contributed by atoms with E-state index >= 15 is 0 Å². The van der Waals surface area contributed by atoms with E-state index in [4.69, 9.17) is 15.0 Å². The van der Waals surface area contributed by atoms with Crippen LogP contribution in [0, 0.1) is 0 Å². The van der Waals surface area contributed by atoms with Gasteiger partial charge < -0.3 is 0 Å². The van der Waals surface area contributed by atoms with Crippen molar-refractivity contribution in [3.05, 3.63) is 189 Å². The van der Waals surface area contributed by atoms with Crippen molar-refractivity contribution in [3.8, 4) is 78.5 Å². The molecule has 0 N–H and O–H groups in total. The van der Waals surface area contributed by atoms with Crippen LogP contribution in [-0.2, 0) is 0 Å². The van der Waals surface area contributed by atoms with Gasteiger partial charge in [0.15, 0.2) is 5.82 Å². The Morgan fingerprint density at radius 3 is 1.60 bits per heavy atom. The van der Waals surface area contributed by atoms with Gasteiger partial charge in [0.2, 0.25) is 0 Å². The van der Waals surface area contributed by atoms with Crippen LogP contribution >= 0.6 is 0 Å². The molecule has 0 unspecified atom stereocenters. The fourth-order valence-electron chi connectivity index (χ4n) is 6.60. The molecular weight excluding hydrogens is 635 g/mol. The maximum absolute atomic E-state index is 5.28. The minimum Gasteiger partial charge on any atom is -0.265 e. The molecule has 0 spiro atoms. The number of benzene rings is 5. The normalized spacial score (nSPS) is 11.1. The van der Waals surface area contributed by atoms with Crippen molar-refractivity contribution >= 4 is 10.9 Å². The summed E-state index contributed by atoms with van der Waals surface area (Å²) < 4.78 is 0. The minimum atomic E-state index is 0.658. The van der Waals surface area contributed by atoms with E-state index in [1.54, 1.807) is 6.20 Å². The largest absolute Gasteiger partial charge is 0.265 e.